The van der Waals surface area contributed by atoms with Crippen molar-refractivity contribution in [3.05, 3.63) is 59.4 Å². The summed E-state index contributed by atoms with van der Waals surface area (Å²) in [5, 5.41) is 0. The van der Waals surface area contributed by atoms with Gasteiger partial charge in [-0.1, -0.05) is 56.7 Å². The fraction of sp³-hybridized carbons (Fsp3) is 0.545. The number of nitrogens with zero attached hydrogens (tertiary/aromatic N) is 4. The summed E-state index contributed by atoms with van der Waals surface area (Å²) in [6, 6.07) is 15.2. The highest BCUT2D eigenvalue weighted by molar-refractivity contribution is 5.96. The maximum Gasteiger partial charge on any atom is 0.243 e. The minimum Gasteiger partial charge on any atom is -0.335 e. The molecule has 2 aromatic carbocycles. The lowest BCUT2D eigenvalue weighted by Crippen LogP contribution is -2.50. The molecule has 0 radical (unpaired) electrons. The maximum absolute atomic E-state index is 14.2. The topological polar surface area (TPSA) is 58.4 Å². The van der Waals surface area contributed by atoms with E-state index >= 15 is 0 Å². The van der Waals surface area contributed by atoms with Gasteiger partial charge in [-0.3, -0.25) is 9.59 Å². The lowest BCUT2D eigenvalue weighted by molar-refractivity contribution is -0.138. The molecule has 39 heavy (non-hydrogen) atoms. The molecule has 0 spiro atoms. The third-order valence-electron chi connectivity index (χ3n) is 9.21. The minimum atomic E-state index is -0.0451. The van der Waals surface area contributed by atoms with Crippen LogP contribution in [0.25, 0.3) is 11.0 Å². The molecule has 3 fully saturated rings. The number of hydrogen-bond donors (Lipinski definition) is 0. The number of carbonyl (C=O) groups excluding carboxylic acids is 2. The van der Waals surface area contributed by atoms with Gasteiger partial charge in [0, 0.05) is 36.7 Å². The van der Waals surface area contributed by atoms with E-state index in [1.165, 1.54) is 38.5 Å². The molecule has 6 rings (SSSR count). The van der Waals surface area contributed by atoms with Gasteiger partial charge in [-0.05, 0) is 74.9 Å². The van der Waals surface area contributed by atoms with Crippen molar-refractivity contribution in [2.45, 2.75) is 109 Å². The zero-order valence-electron chi connectivity index (χ0n) is 23.6. The van der Waals surface area contributed by atoms with Crippen LogP contribution in [0.1, 0.15) is 93.5 Å². The molecular weight excluding hydrogens is 484 g/mol. The Kier molecular flexibility index (Phi) is 7.46. The fourth-order valence-corrected chi connectivity index (χ4v) is 7.45. The molecule has 2 heterocycles. The first kappa shape index (κ1) is 26.1. The molecule has 1 aliphatic heterocycles. The Labute approximate surface area is 232 Å². The second kappa shape index (κ2) is 11.1. The van der Waals surface area contributed by atoms with Gasteiger partial charge in [0.25, 0.3) is 0 Å². The van der Waals surface area contributed by atoms with Crippen LogP contribution >= 0.6 is 0 Å². The Morgan fingerprint density at radius 3 is 2.15 bits per heavy atom. The smallest absolute Gasteiger partial charge is 0.243 e. The van der Waals surface area contributed by atoms with Crippen LogP contribution in [0.4, 0.5) is 5.69 Å². The fourth-order valence-electron chi connectivity index (χ4n) is 7.45. The first-order valence-electron chi connectivity index (χ1n) is 15.1. The Bertz CT molecular complexity index is 1310. The summed E-state index contributed by atoms with van der Waals surface area (Å²) in [5.41, 5.74) is 5.17. The van der Waals surface area contributed by atoms with Crippen LogP contribution in [-0.4, -0.2) is 44.9 Å². The number of carbonyl (C=O) groups is 2. The van der Waals surface area contributed by atoms with Crippen LogP contribution in [0.5, 0.6) is 0 Å². The van der Waals surface area contributed by atoms with E-state index in [-0.39, 0.29) is 17.7 Å². The first-order chi connectivity index (χ1) is 19.0. The van der Waals surface area contributed by atoms with Gasteiger partial charge in [-0.15, -0.1) is 0 Å². The Morgan fingerprint density at radius 1 is 0.897 bits per heavy atom. The van der Waals surface area contributed by atoms with E-state index in [0.717, 1.165) is 59.4 Å². The van der Waals surface area contributed by atoms with Gasteiger partial charge >= 0.3 is 0 Å². The standard InChI is InChI=1S/C33H42N4O2/c1-23-17-24(2)19-28(18-23)35-21-25(20-31(35)38)33-34-29-15-9-10-16-30(29)36(33)22-32(39)37(26-11-5-3-6-12-26)27-13-7-4-8-14-27/h9-10,15-19,25-27H,3-8,11-14,20-22H2,1-2H3. The summed E-state index contributed by atoms with van der Waals surface area (Å²) in [7, 11) is 0. The van der Waals surface area contributed by atoms with E-state index in [9.17, 15) is 9.59 Å². The van der Waals surface area contributed by atoms with E-state index in [0.29, 0.717) is 31.6 Å². The van der Waals surface area contributed by atoms with Crippen molar-refractivity contribution < 1.29 is 9.59 Å². The van der Waals surface area contributed by atoms with Gasteiger partial charge in [0.1, 0.15) is 12.4 Å². The van der Waals surface area contributed by atoms with Crippen LogP contribution in [0, 0.1) is 13.8 Å². The number of para-hydroxylation sites is 2. The third-order valence-corrected chi connectivity index (χ3v) is 9.21. The maximum atomic E-state index is 14.2. The van der Waals surface area contributed by atoms with E-state index < -0.39 is 0 Å². The Balaban J connectivity index is 1.31. The van der Waals surface area contributed by atoms with Gasteiger partial charge in [0.05, 0.1) is 11.0 Å². The molecule has 0 N–H and O–H groups in total. The number of hydrogen-bond acceptors (Lipinski definition) is 3. The molecule has 3 aromatic rings. The number of fused-ring (bicyclic) bond motifs is 1. The van der Waals surface area contributed by atoms with Crippen molar-refractivity contribution in [1.82, 2.24) is 14.5 Å². The van der Waals surface area contributed by atoms with E-state index in [2.05, 4.69) is 47.6 Å². The molecule has 1 aromatic heterocycles. The normalized spacial score (nSPS) is 21.1. The Morgan fingerprint density at radius 2 is 1.51 bits per heavy atom. The van der Waals surface area contributed by atoms with Crippen molar-refractivity contribution in [3.8, 4) is 0 Å². The zero-order valence-corrected chi connectivity index (χ0v) is 23.6. The van der Waals surface area contributed by atoms with Crippen LogP contribution in [0.15, 0.2) is 42.5 Å². The quantitative estimate of drug-likeness (QED) is 0.361. The summed E-state index contributed by atoms with van der Waals surface area (Å²) in [4.78, 5) is 36.8. The summed E-state index contributed by atoms with van der Waals surface area (Å²) >= 11 is 0. The third kappa shape index (κ3) is 5.35. The number of imidazole rings is 1. The van der Waals surface area contributed by atoms with E-state index in [1.54, 1.807) is 0 Å². The minimum absolute atomic E-state index is 0.0451. The van der Waals surface area contributed by atoms with Crippen molar-refractivity contribution in [2.75, 3.05) is 11.4 Å². The molecular formula is C33H42N4O2. The summed E-state index contributed by atoms with van der Waals surface area (Å²) in [6.45, 7) is 5.04. The van der Waals surface area contributed by atoms with Gasteiger partial charge in [-0.2, -0.15) is 0 Å². The van der Waals surface area contributed by atoms with Gasteiger partial charge in [0.2, 0.25) is 11.8 Å². The van der Waals surface area contributed by atoms with Gasteiger partial charge < -0.3 is 14.4 Å². The van der Waals surface area contributed by atoms with Crippen molar-refractivity contribution >= 4 is 28.5 Å². The average Bonchev–Trinajstić information content (AvgIpc) is 3.50. The highest BCUT2D eigenvalue weighted by Crippen LogP contribution is 2.35. The van der Waals surface area contributed by atoms with E-state index in [1.807, 2.05) is 23.1 Å². The number of rotatable bonds is 6. The lowest BCUT2D eigenvalue weighted by Gasteiger charge is -2.42. The molecule has 3 aliphatic rings. The molecule has 6 heteroatoms. The number of benzene rings is 2. The molecule has 1 atom stereocenters. The molecule has 0 bridgehead atoms. The highest BCUT2D eigenvalue weighted by atomic mass is 16.2. The van der Waals surface area contributed by atoms with Crippen LogP contribution in [-0.2, 0) is 16.1 Å². The number of amides is 2. The second-order valence-corrected chi connectivity index (χ2v) is 12.2. The van der Waals surface area contributed by atoms with Crippen molar-refractivity contribution in [1.29, 1.82) is 0 Å². The van der Waals surface area contributed by atoms with Crippen LogP contribution in [0.2, 0.25) is 0 Å². The second-order valence-electron chi connectivity index (χ2n) is 12.2. The van der Waals surface area contributed by atoms with Crippen LogP contribution < -0.4 is 4.90 Å². The summed E-state index contributed by atoms with van der Waals surface area (Å²) in [5.74, 6) is 1.18. The number of aromatic nitrogens is 2. The Hall–Kier alpha value is -3.15. The van der Waals surface area contributed by atoms with Crippen molar-refractivity contribution in [2.24, 2.45) is 0 Å². The molecule has 2 saturated carbocycles. The average molecular weight is 527 g/mol. The summed E-state index contributed by atoms with van der Waals surface area (Å²) in [6.07, 6.45) is 12.4. The zero-order chi connectivity index (χ0) is 26.9. The first-order valence-corrected chi connectivity index (χ1v) is 15.1. The largest absolute Gasteiger partial charge is 0.335 e. The predicted octanol–water partition coefficient (Wildman–Crippen LogP) is 6.67. The molecule has 206 valence electrons. The molecule has 6 nitrogen and oxygen atoms in total. The lowest BCUT2D eigenvalue weighted by atomic mass is 9.88. The number of aryl methyl sites for hydroxylation is 2. The summed E-state index contributed by atoms with van der Waals surface area (Å²) < 4.78 is 2.14. The van der Waals surface area contributed by atoms with E-state index in [4.69, 9.17) is 4.98 Å². The van der Waals surface area contributed by atoms with Crippen molar-refractivity contribution in [3.63, 3.8) is 0 Å². The van der Waals surface area contributed by atoms with Gasteiger partial charge in [0.15, 0.2) is 0 Å². The van der Waals surface area contributed by atoms with Gasteiger partial charge in [-0.25, -0.2) is 4.98 Å². The molecule has 1 saturated heterocycles. The number of anilines is 1. The molecule has 1 unspecified atom stereocenters. The van der Waals surface area contributed by atoms with Crippen LogP contribution in [0.3, 0.4) is 0 Å². The molecule has 2 aliphatic carbocycles. The monoisotopic (exact) mass is 526 g/mol. The highest BCUT2D eigenvalue weighted by Gasteiger charge is 2.37. The SMILES string of the molecule is Cc1cc(C)cc(N2CC(c3nc4ccccc4n3CC(=O)N(C3CCCCC3)C3CCCCC3)CC2=O)c1. The predicted molar refractivity (Wildman–Crippen MR) is 156 cm³/mol. The molecule has 2 amide bonds.